The highest BCUT2D eigenvalue weighted by atomic mass is 35.5. The number of aromatic nitrogens is 3. The average molecular weight is 417 g/mol. The van der Waals surface area contributed by atoms with Crippen LogP contribution in [0.25, 0.3) is 16.8 Å². The van der Waals surface area contributed by atoms with Gasteiger partial charge in [0.25, 0.3) is 5.91 Å². The Hall–Kier alpha value is -3.34. The van der Waals surface area contributed by atoms with Gasteiger partial charge in [-0.15, -0.1) is 12.4 Å². The number of aliphatic carboxylic acids is 1. The maximum atomic E-state index is 13.0. The number of carboxylic acid groups (broad SMARTS) is 1. The van der Waals surface area contributed by atoms with Crippen LogP contribution < -0.4 is 5.32 Å². The molecule has 3 aromatic rings. The zero-order valence-corrected chi connectivity index (χ0v) is 14.6. The lowest BCUT2D eigenvalue weighted by Gasteiger charge is -2.12. The molecule has 1 amide bonds. The maximum absolute atomic E-state index is 13.0. The zero-order valence-electron chi connectivity index (χ0n) is 13.8. The van der Waals surface area contributed by atoms with Gasteiger partial charge in [0.1, 0.15) is 18.6 Å². The highest BCUT2D eigenvalue weighted by Crippen LogP contribution is 2.35. The summed E-state index contributed by atoms with van der Waals surface area (Å²) in [5, 5.41) is 24.7. The number of pyridine rings is 1. The Morgan fingerprint density at radius 3 is 2.57 bits per heavy atom. The lowest BCUT2D eigenvalue weighted by Crippen LogP contribution is -2.31. The molecule has 0 aliphatic rings. The Morgan fingerprint density at radius 1 is 1.21 bits per heavy atom. The van der Waals surface area contributed by atoms with Gasteiger partial charge in [0.2, 0.25) is 0 Å². The number of nitrogens with one attached hydrogen (secondary N) is 1. The normalized spacial score (nSPS) is 11.1. The monoisotopic (exact) mass is 416 g/mol. The number of amides is 1. The third-order valence-electron chi connectivity index (χ3n) is 3.64. The summed E-state index contributed by atoms with van der Waals surface area (Å²) in [5.41, 5.74) is -1.03. The van der Waals surface area contributed by atoms with E-state index in [-0.39, 0.29) is 34.9 Å². The number of rotatable bonds is 4. The molecular weight excluding hydrogens is 405 g/mol. The topological polar surface area (TPSA) is 117 Å². The Balaban J connectivity index is 0.00000280. The standard InChI is InChI=1S/C16H11F3N4O4.ClH/c17-16(18,19)9-3-1-2-8(4-9)10-5-11(24)13(15(27)20-6-12(25)26)23-14(10)21-7-22-23;/h1-5,7,24H,6H2,(H,20,27)(H,25,26);1H. The summed E-state index contributed by atoms with van der Waals surface area (Å²) in [4.78, 5) is 26.7. The van der Waals surface area contributed by atoms with Crippen molar-refractivity contribution in [3.63, 3.8) is 0 Å². The van der Waals surface area contributed by atoms with Crippen LogP contribution >= 0.6 is 12.4 Å². The van der Waals surface area contributed by atoms with Crippen LogP contribution in [0.3, 0.4) is 0 Å². The lowest BCUT2D eigenvalue weighted by atomic mass is 10.0. The number of alkyl halides is 3. The fraction of sp³-hybridized carbons (Fsp3) is 0.125. The van der Waals surface area contributed by atoms with Gasteiger partial charge in [0, 0.05) is 5.56 Å². The fourth-order valence-corrected chi connectivity index (χ4v) is 2.49. The summed E-state index contributed by atoms with van der Waals surface area (Å²) in [6, 6.07) is 5.46. The lowest BCUT2D eigenvalue weighted by molar-refractivity contribution is -0.137. The van der Waals surface area contributed by atoms with Crippen LogP contribution in [0.4, 0.5) is 13.2 Å². The van der Waals surface area contributed by atoms with Crippen molar-refractivity contribution in [3.05, 3.63) is 47.9 Å². The Kier molecular flexibility index (Phi) is 5.78. The van der Waals surface area contributed by atoms with Gasteiger partial charge in [-0.05, 0) is 23.8 Å². The molecule has 0 radical (unpaired) electrons. The number of fused-ring (bicyclic) bond motifs is 1. The second-order valence-corrected chi connectivity index (χ2v) is 5.44. The number of carboxylic acids is 1. The molecule has 0 saturated heterocycles. The van der Waals surface area contributed by atoms with Gasteiger partial charge in [-0.25, -0.2) is 9.50 Å². The van der Waals surface area contributed by atoms with E-state index in [0.29, 0.717) is 0 Å². The van der Waals surface area contributed by atoms with E-state index < -0.39 is 35.9 Å². The van der Waals surface area contributed by atoms with Crippen LogP contribution in [0.5, 0.6) is 5.75 Å². The second kappa shape index (κ2) is 7.72. The van der Waals surface area contributed by atoms with Crippen molar-refractivity contribution in [1.29, 1.82) is 0 Å². The van der Waals surface area contributed by atoms with Crippen molar-refractivity contribution in [2.45, 2.75) is 6.18 Å². The smallest absolute Gasteiger partial charge is 0.416 e. The first-order valence-electron chi connectivity index (χ1n) is 7.42. The van der Waals surface area contributed by atoms with E-state index >= 15 is 0 Å². The Bertz CT molecular complexity index is 1050. The van der Waals surface area contributed by atoms with E-state index in [1.807, 2.05) is 0 Å². The first kappa shape index (κ1) is 21.0. The van der Waals surface area contributed by atoms with Crippen molar-refractivity contribution in [2.24, 2.45) is 0 Å². The number of halogens is 4. The molecule has 0 aliphatic carbocycles. The summed E-state index contributed by atoms with van der Waals surface area (Å²) in [6.45, 7) is -0.691. The van der Waals surface area contributed by atoms with Gasteiger partial charge in [0.15, 0.2) is 11.3 Å². The number of carbonyl (C=O) groups excluding carboxylic acids is 1. The molecule has 2 heterocycles. The van der Waals surface area contributed by atoms with Gasteiger partial charge >= 0.3 is 12.1 Å². The van der Waals surface area contributed by atoms with Crippen LogP contribution in [-0.4, -0.2) is 43.2 Å². The molecule has 0 atom stereocenters. The minimum atomic E-state index is -4.56. The van der Waals surface area contributed by atoms with Crippen LogP contribution in [-0.2, 0) is 11.0 Å². The molecule has 0 unspecified atom stereocenters. The summed E-state index contributed by atoms with van der Waals surface area (Å²) < 4.78 is 39.8. The summed E-state index contributed by atoms with van der Waals surface area (Å²) in [6.07, 6.45) is -3.50. The molecule has 28 heavy (non-hydrogen) atoms. The minimum Gasteiger partial charge on any atom is -0.505 e. The van der Waals surface area contributed by atoms with Gasteiger partial charge in [0.05, 0.1) is 5.56 Å². The van der Waals surface area contributed by atoms with Crippen molar-refractivity contribution in [3.8, 4) is 16.9 Å². The summed E-state index contributed by atoms with van der Waals surface area (Å²) >= 11 is 0. The van der Waals surface area contributed by atoms with Crippen molar-refractivity contribution >= 4 is 29.9 Å². The number of nitrogens with zero attached hydrogens (tertiary/aromatic N) is 3. The van der Waals surface area contributed by atoms with Crippen molar-refractivity contribution < 1.29 is 33.0 Å². The molecule has 1 aromatic carbocycles. The molecule has 0 spiro atoms. The predicted molar refractivity (Wildman–Crippen MR) is 92.3 cm³/mol. The quantitative estimate of drug-likeness (QED) is 0.601. The van der Waals surface area contributed by atoms with Gasteiger partial charge in [-0.1, -0.05) is 12.1 Å². The third-order valence-corrected chi connectivity index (χ3v) is 3.64. The van der Waals surface area contributed by atoms with Crippen LogP contribution in [0, 0.1) is 0 Å². The number of benzene rings is 1. The van der Waals surface area contributed by atoms with E-state index in [4.69, 9.17) is 5.11 Å². The van der Waals surface area contributed by atoms with Gasteiger partial charge < -0.3 is 15.5 Å². The third kappa shape index (κ3) is 3.98. The molecule has 0 bridgehead atoms. The van der Waals surface area contributed by atoms with Crippen molar-refractivity contribution in [1.82, 2.24) is 19.9 Å². The molecule has 2 aromatic heterocycles. The van der Waals surface area contributed by atoms with Crippen molar-refractivity contribution in [2.75, 3.05) is 6.54 Å². The SMILES string of the molecule is Cl.O=C(O)CNC(=O)c1c(O)cc(-c2cccc(C(F)(F)F)c2)c2ncnn12. The largest absolute Gasteiger partial charge is 0.505 e. The van der Waals surface area contributed by atoms with E-state index in [1.165, 1.54) is 12.1 Å². The fourth-order valence-electron chi connectivity index (χ4n) is 2.49. The molecule has 0 fully saturated rings. The molecule has 3 rings (SSSR count). The number of aromatic hydroxyl groups is 1. The summed E-state index contributed by atoms with van der Waals surface area (Å²) in [7, 11) is 0. The van der Waals surface area contributed by atoms with Crippen LogP contribution in [0.2, 0.25) is 0 Å². The van der Waals surface area contributed by atoms with E-state index in [1.54, 1.807) is 0 Å². The van der Waals surface area contributed by atoms with Gasteiger partial charge in [-0.3, -0.25) is 9.59 Å². The van der Waals surface area contributed by atoms with Gasteiger partial charge in [-0.2, -0.15) is 18.3 Å². The predicted octanol–water partition coefficient (Wildman–Crippen LogP) is 2.36. The molecular formula is C16H12ClF3N4O4. The summed E-state index contributed by atoms with van der Waals surface area (Å²) in [5.74, 6) is -2.82. The average Bonchev–Trinajstić information content (AvgIpc) is 3.07. The number of hydrogen-bond acceptors (Lipinski definition) is 5. The van der Waals surface area contributed by atoms with E-state index in [9.17, 15) is 27.9 Å². The Morgan fingerprint density at radius 2 is 1.93 bits per heavy atom. The molecule has 148 valence electrons. The molecule has 0 saturated carbocycles. The first-order chi connectivity index (χ1) is 12.7. The maximum Gasteiger partial charge on any atom is 0.416 e. The molecule has 0 aliphatic heterocycles. The van der Waals surface area contributed by atoms with E-state index in [2.05, 4.69) is 15.4 Å². The molecule has 12 heteroatoms. The number of hydrogen-bond donors (Lipinski definition) is 3. The van der Waals surface area contributed by atoms with Crippen LogP contribution in [0.1, 0.15) is 16.1 Å². The number of carbonyl (C=O) groups is 2. The van der Waals surface area contributed by atoms with Crippen LogP contribution in [0.15, 0.2) is 36.7 Å². The van der Waals surface area contributed by atoms with E-state index in [0.717, 1.165) is 29.0 Å². The zero-order chi connectivity index (χ0) is 19.8. The molecule has 8 nitrogen and oxygen atoms in total. The second-order valence-electron chi connectivity index (χ2n) is 5.44. The highest BCUT2D eigenvalue weighted by molar-refractivity contribution is 5.98. The minimum absolute atomic E-state index is 0. The highest BCUT2D eigenvalue weighted by Gasteiger charge is 2.31. The Labute approximate surface area is 161 Å². The first-order valence-corrected chi connectivity index (χ1v) is 7.42. The molecule has 3 N–H and O–H groups in total.